The number of aromatic amines is 1. The molecule has 1 aromatic heterocycles. The largest absolute Gasteiger partial charge is 0.361 e. The number of hydrogen-bond acceptors (Lipinski definition) is 2. The molecule has 0 unspecified atom stereocenters. The fourth-order valence-corrected chi connectivity index (χ4v) is 5.47. The zero-order chi connectivity index (χ0) is 21.5. The Kier molecular flexibility index (Phi) is 5.19. The number of rotatable bonds is 5. The number of nitrogens with zero attached hydrogens (tertiary/aromatic N) is 2. The summed E-state index contributed by atoms with van der Waals surface area (Å²) >= 11 is 0. The molecule has 4 nitrogen and oxygen atoms in total. The first kappa shape index (κ1) is 20.1. The van der Waals surface area contributed by atoms with Crippen LogP contribution in [0.1, 0.15) is 36.1 Å². The van der Waals surface area contributed by atoms with Crippen LogP contribution in [0.25, 0.3) is 16.5 Å². The van der Waals surface area contributed by atoms with Gasteiger partial charge >= 0.3 is 0 Å². The van der Waals surface area contributed by atoms with E-state index in [0.717, 1.165) is 32.6 Å². The summed E-state index contributed by atoms with van der Waals surface area (Å²) in [6.45, 7) is 9.43. The smallest absolute Gasteiger partial charge is 0.230 e. The summed E-state index contributed by atoms with van der Waals surface area (Å²) in [4.78, 5) is 21.3. The van der Waals surface area contributed by atoms with Gasteiger partial charge in [-0.25, -0.2) is 0 Å². The minimum Gasteiger partial charge on any atom is -0.361 e. The summed E-state index contributed by atoms with van der Waals surface area (Å²) in [7, 11) is 0. The number of hydrogen-bond donors (Lipinski definition) is 1. The first-order valence-electron chi connectivity index (χ1n) is 11.5. The molecule has 1 N–H and O–H groups in total. The number of fused-ring (bicyclic) bond motifs is 2. The summed E-state index contributed by atoms with van der Waals surface area (Å²) in [5.41, 5.74) is 7.78. The molecule has 1 aliphatic carbocycles. The van der Waals surface area contributed by atoms with Crippen molar-refractivity contribution in [1.29, 1.82) is 0 Å². The molecule has 0 spiro atoms. The summed E-state index contributed by atoms with van der Waals surface area (Å²) in [5.74, 6) is 0.143. The molecule has 4 heteroatoms. The molecule has 1 aliphatic heterocycles. The lowest BCUT2D eigenvalue weighted by Crippen LogP contribution is -2.48. The van der Waals surface area contributed by atoms with Gasteiger partial charge in [0.15, 0.2) is 0 Å². The van der Waals surface area contributed by atoms with Crippen LogP contribution in [0.5, 0.6) is 0 Å². The van der Waals surface area contributed by atoms with Gasteiger partial charge in [-0.1, -0.05) is 48.0 Å². The Morgan fingerprint density at radius 2 is 1.97 bits per heavy atom. The van der Waals surface area contributed by atoms with Crippen molar-refractivity contribution in [2.45, 2.75) is 39.8 Å². The third-order valence-corrected chi connectivity index (χ3v) is 6.98. The predicted octanol–water partition coefficient (Wildman–Crippen LogP) is 4.78. The van der Waals surface area contributed by atoms with Crippen molar-refractivity contribution in [3.8, 4) is 0 Å². The number of nitrogens with one attached hydrogen (secondary N) is 1. The molecule has 0 fully saturated rings. The van der Waals surface area contributed by atoms with Crippen molar-refractivity contribution in [3.05, 3.63) is 77.0 Å². The molecule has 160 valence electrons. The van der Waals surface area contributed by atoms with Crippen LogP contribution in [-0.4, -0.2) is 46.4 Å². The first-order chi connectivity index (χ1) is 15.1. The van der Waals surface area contributed by atoms with E-state index in [2.05, 4.69) is 85.4 Å². The van der Waals surface area contributed by atoms with Gasteiger partial charge in [-0.2, -0.15) is 0 Å². The molecular weight excluding hydrogens is 382 g/mol. The van der Waals surface area contributed by atoms with E-state index in [9.17, 15) is 4.79 Å². The SMILES string of the molecule is CCN(CC)C(=O)[C@@H]1C=C2c3cccc4[nH]cc(c34)C[C@H]2N(Cc2cccc(C)c2)C1. The number of H-pyrrole nitrogens is 1. The maximum absolute atomic E-state index is 13.4. The van der Waals surface area contributed by atoms with Crippen molar-refractivity contribution in [1.82, 2.24) is 14.8 Å². The zero-order valence-corrected chi connectivity index (χ0v) is 18.7. The van der Waals surface area contributed by atoms with Crippen molar-refractivity contribution < 1.29 is 4.79 Å². The lowest BCUT2D eigenvalue weighted by molar-refractivity contribution is -0.134. The third kappa shape index (κ3) is 3.49. The lowest BCUT2D eigenvalue weighted by Gasteiger charge is -2.42. The number of carbonyl (C=O) groups excluding carboxylic acids is 1. The molecule has 31 heavy (non-hydrogen) atoms. The minimum atomic E-state index is -0.105. The number of carbonyl (C=O) groups is 1. The van der Waals surface area contributed by atoms with E-state index in [0.29, 0.717) is 6.04 Å². The summed E-state index contributed by atoms with van der Waals surface area (Å²) in [6.07, 6.45) is 5.44. The predicted molar refractivity (Wildman–Crippen MR) is 127 cm³/mol. The fraction of sp³-hybridized carbons (Fsp3) is 0.370. The van der Waals surface area contributed by atoms with E-state index < -0.39 is 0 Å². The second-order valence-electron chi connectivity index (χ2n) is 8.92. The Hall–Kier alpha value is -2.85. The summed E-state index contributed by atoms with van der Waals surface area (Å²) in [6, 6.07) is 15.6. The monoisotopic (exact) mass is 413 g/mol. The van der Waals surface area contributed by atoms with Crippen LogP contribution in [-0.2, 0) is 17.8 Å². The van der Waals surface area contributed by atoms with Crippen molar-refractivity contribution in [2.24, 2.45) is 5.92 Å². The highest BCUT2D eigenvalue weighted by Gasteiger charge is 2.38. The number of benzene rings is 2. The summed E-state index contributed by atoms with van der Waals surface area (Å²) < 4.78 is 0. The molecular formula is C27H31N3O. The summed E-state index contributed by atoms with van der Waals surface area (Å²) in [5, 5.41) is 1.33. The molecule has 3 aromatic rings. The molecule has 2 aliphatic rings. The van der Waals surface area contributed by atoms with E-state index in [1.807, 2.05) is 4.90 Å². The highest BCUT2D eigenvalue weighted by molar-refractivity contribution is 5.99. The second-order valence-corrected chi connectivity index (χ2v) is 8.92. The average Bonchev–Trinajstić information content (AvgIpc) is 3.19. The van der Waals surface area contributed by atoms with E-state index in [-0.39, 0.29) is 11.8 Å². The van der Waals surface area contributed by atoms with Crippen molar-refractivity contribution in [3.63, 3.8) is 0 Å². The molecule has 1 amide bonds. The van der Waals surface area contributed by atoms with Gasteiger partial charge in [-0.05, 0) is 55.5 Å². The molecule has 2 atom stereocenters. The minimum absolute atomic E-state index is 0.105. The van der Waals surface area contributed by atoms with Gasteiger partial charge in [0.05, 0.1) is 5.92 Å². The van der Waals surface area contributed by atoms with E-state index in [4.69, 9.17) is 0 Å². The maximum Gasteiger partial charge on any atom is 0.230 e. The van der Waals surface area contributed by atoms with Crippen LogP contribution in [0, 0.1) is 12.8 Å². The Bertz CT molecular complexity index is 1150. The number of amides is 1. The maximum atomic E-state index is 13.4. The quantitative estimate of drug-likeness (QED) is 0.654. The normalized spacial score (nSPS) is 20.4. The Morgan fingerprint density at radius 1 is 1.16 bits per heavy atom. The van der Waals surface area contributed by atoms with Crippen LogP contribution >= 0.6 is 0 Å². The number of aromatic nitrogens is 1. The molecule has 0 bridgehead atoms. The van der Waals surface area contributed by atoms with E-state index in [1.54, 1.807) is 0 Å². The van der Waals surface area contributed by atoms with E-state index >= 15 is 0 Å². The molecule has 5 rings (SSSR count). The topological polar surface area (TPSA) is 39.3 Å². The van der Waals surface area contributed by atoms with Gasteiger partial charge in [0.1, 0.15) is 0 Å². The van der Waals surface area contributed by atoms with Crippen molar-refractivity contribution >= 4 is 22.4 Å². The first-order valence-corrected chi connectivity index (χ1v) is 11.5. The highest BCUT2D eigenvalue weighted by atomic mass is 16.2. The van der Waals surface area contributed by atoms with Gasteiger partial charge in [0.2, 0.25) is 5.91 Å². The van der Waals surface area contributed by atoms with Gasteiger partial charge < -0.3 is 9.88 Å². The molecule has 2 aromatic carbocycles. The molecule has 0 saturated heterocycles. The van der Waals surface area contributed by atoms with Gasteiger partial charge in [-0.15, -0.1) is 0 Å². The highest BCUT2D eigenvalue weighted by Crippen LogP contribution is 2.42. The molecule has 0 saturated carbocycles. The number of aryl methyl sites for hydroxylation is 1. The Balaban J connectivity index is 1.58. The Morgan fingerprint density at radius 3 is 2.74 bits per heavy atom. The standard InChI is InChI=1S/C27H31N3O/c1-4-29(5-2)27(31)21-13-23-22-10-7-11-24-26(22)20(15-28-24)14-25(23)30(17-21)16-19-9-6-8-18(3)12-19/h6-13,15,21,25,28H,4-5,14,16-17H2,1-3H3/t21-,25-/m1/s1. The second kappa shape index (κ2) is 8.01. The Labute approximate surface area is 184 Å². The molecule has 2 heterocycles. The third-order valence-electron chi connectivity index (χ3n) is 6.98. The zero-order valence-electron chi connectivity index (χ0n) is 18.7. The van der Waals surface area contributed by atoms with Crippen LogP contribution < -0.4 is 0 Å². The van der Waals surface area contributed by atoms with Crippen LogP contribution in [0.4, 0.5) is 0 Å². The van der Waals surface area contributed by atoms with E-state index in [1.165, 1.54) is 38.7 Å². The van der Waals surface area contributed by atoms with Crippen LogP contribution in [0.3, 0.4) is 0 Å². The lowest BCUT2D eigenvalue weighted by atomic mass is 9.79. The van der Waals surface area contributed by atoms with Gasteiger partial charge in [0, 0.05) is 49.3 Å². The van der Waals surface area contributed by atoms with Gasteiger partial charge in [-0.3, -0.25) is 9.69 Å². The molecule has 0 radical (unpaired) electrons. The average molecular weight is 414 g/mol. The van der Waals surface area contributed by atoms with Crippen LogP contribution in [0.15, 0.2) is 54.7 Å². The van der Waals surface area contributed by atoms with Gasteiger partial charge in [0.25, 0.3) is 0 Å². The van der Waals surface area contributed by atoms with Crippen molar-refractivity contribution in [2.75, 3.05) is 19.6 Å². The van der Waals surface area contributed by atoms with Crippen LogP contribution in [0.2, 0.25) is 0 Å². The fourth-order valence-electron chi connectivity index (χ4n) is 5.47.